The molecule has 0 aromatic carbocycles. The highest BCUT2D eigenvalue weighted by Gasteiger charge is 2.40. The zero-order valence-electron chi connectivity index (χ0n) is 75.3. The van der Waals surface area contributed by atoms with E-state index in [0.29, 0.717) is 55.9 Å². The molecule has 10 atom stereocenters. The summed E-state index contributed by atoms with van der Waals surface area (Å²) >= 11 is 0. The number of likely N-dealkylation sites (tertiary alicyclic amines) is 4. The Bertz CT molecular complexity index is 5320. The van der Waals surface area contributed by atoms with Crippen molar-refractivity contribution in [3.05, 3.63) is 271 Å². The standard InChI is InChI=1S/4C19H21N5O3.C11H16N2.C8H7N3O4/c4*1-12-5-6-16(15-4-2-3-7-22-15)24(11-12)19(27)18(26)23-14-8-13(17(20)25)9-21-10-14;1-9-5-6-11(13-8-9)10-4-2-3-7-12-10;9-6(12)4-1-5(3-10-2-4)11-7(13)8(14)15/h4*2-4,7-10,12,16H,5-6,11H2,1H3,(H2,20,25)(H,23,26);2-4,7,9,11,13H,5-6,8H2,1H3;1-3H,(H2,9,12)(H,11,13)(H,14,15)/t3*12-,16+;12-,16-;;/m1001../s1. The van der Waals surface area contributed by atoms with Crippen LogP contribution in [-0.4, -0.2) is 196 Å². The SMILES string of the molecule is CC1CCC(c2ccccn2)NC1.C[C@@H]1CC[C@@H](c2ccccn2)N(C(=O)C(=O)Nc2cncc(C(N)=O)c2)C1.C[C@@H]1CC[C@H](c2ccccn2)N(C(=O)C(=O)Nc2cncc(C(N)=O)c2)C1.C[C@H]1CC[C@H](c2ccccn2)N(C(=O)C(=O)Nc2cncc(C(N)=O)c2)C1.C[C@H]1CC[C@H](c2ccccn2)N(C(=O)C(=O)Nc2cncc(C(N)=O)c2)C1.NC(=O)c1cncc(NC(=O)C(=O)O)c1. The number of carboxylic acid groups (broad SMARTS) is 1. The molecular weight excluding hydrogens is 1750 g/mol. The molecular formula is C95H107N25O16. The first kappa shape index (κ1) is 102. The van der Waals surface area contributed by atoms with E-state index in [4.69, 9.17) is 33.8 Å². The fraction of sp³-hybridized carbons (Fsp3) is 0.316. The van der Waals surface area contributed by atoms with Gasteiger partial charge in [0.2, 0.25) is 29.5 Å². The van der Waals surface area contributed by atoms with Crippen LogP contribution in [0, 0.1) is 29.6 Å². The minimum Gasteiger partial charge on any atom is -0.474 e. The van der Waals surface area contributed by atoms with Crippen LogP contribution < -0.4 is 60.6 Å². The molecule has 5 aliphatic heterocycles. The summed E-state index contributed by atoms with van der Waals surface area (Å²) in [5, 5.41) is 23.8. The van der Waals surface area contributed by atoms with Gasteiger partial charge in [0.15, 0.2) is 0 Å². The Morgan fingerprint density at radius 3 is 0.713 bits per heavy atom. The quantitative estimate of drug-likeness (QED) is 0.0445. The molecule has 15 rings (SSSR count). The Morgan fingerprint density at radius 1 is 0.294 bits per heavy atom. The average Bonchev–Trinajstić information content (AvgIpc) is 0.740. The predicted octanol–water partition coefficient (Wildman–Crippen LogP) is 7.40. The van der Waals surface area contributed by atoms with Crippen molar-refractivity contribution < 1.29 is 77.0 Å². The topological polar surface area (TPSA) is 620 Å². The third-order valence-electron chi connectivity index (χ3n) is 22.5. The fourth-order valence-corrected chi connectivity index (χ4v) is 15.5. The number of pyridine rings is 10. The normalized spacial score (nSPS) is 19.2. The molecule has 5 saturated heterocycles. The van der Waals surface area contributed by atoms with E-state index in [2.05, 4.69) is 95.5 Å². The number of hydrogen-bond donors (Lipinski definition) is 12. The van der Waals surface area contributed by atoms with Crippen molar-refractivity contribution in [2.45, 2.75) is 129 Å². The van der Waals surface area contributed by atoms with Gasteiger partial charge in [0.05, 0.1) is 140 Å². The molecule has 41 nitrogen and oxygen atoms in total. The van der Waals surface area contributed by atoms with Crippen molar-refractivity contribution in [1.29, 1.82) is 0 Å². The number of nitrogens with two attached hydrogens (primary N) is 5. The van der Waals surface area contributed by atoms with E-state index in [1.54, 1.807) is 44.4 Å². The number of rotatable bonds is 15. The van der Waals surface area contributed by atoms with E-state index in [1.807, 2.05) is 118 Å². The lowest BCUT2D eigenvalue weighted by Crippen LogP contribution is -2.46. The first-order valence-electron chi connectivity index (χ1n) is 43.7. The van der Waals surface area contributed by atoms with Gasteiger partial charge in [-0.05, 0) is 191 Å². The highest BCUT2D eigenvalue weighted by atomic mass is 16.4. The van der Waals surface area contributed by atoms with Gasteiger partial charge in [-0.25, -0.2) is 4.79 Å². The van der Waals surface area contributed by atoms with Gasteiger partial charge in [-0.15, -0.1) is 0 Å². The zero-order valence-corrected chi connectivity index (χ0v) is 75.3. The smallest absolute Gasteiger partial charge is 0.394 e. The molecule has 10 aromatic heterocycles. The van der Waals surface area contributed by atoms with Crippen molar-refractivity contribution in [2.75, 3.05) is 59.3 Å². The summed E-state index contributed by atoms with van der Waals surface area (Å²) in [5.41, 5.74) is 31.8. The molecule has 15 heterocycles. The Balaban J connectivity index is 0.000000172. The van der Waals surface area contributed by atoms with Crippen LogP contribution in [0.2, 0.25) is 0 Å². The second kappa shape index (κ2) is 49.7. The van der Waals surface area contributed by atoms with E-state index >= 15 is 0 Å². The molecule has 0 radical (unpaired) electrons. The molecule has 10 aromatic rings. The predicted molar refractivity (Wildman–Crippen MR) is 496 cm³/mol. The number of piperidine rings is 5. The van der Waals surface area contributed by atoms with Gasteiger partial charge in [-0.3, -0.25) is 117 Å². The Labute approximate surface area is 782 Å². The zero-order chi connectivity index (χ0) is 98.1. The number of primary amides is 5. The number of carbonyl (C=O) groups is 15. The number of amides is 14. The minimum absolute atomic E-state index is 0.0817. The van der Waals surface area contributed by atoms with Crippen molar-refractivity contribution in [1.82, 2.24) is 74.8 Å². The van der Waals surface area contributed by atoms with E-state index in [0.717, 1.165) is 86.6 Å². The first-order valence-corrected chi connectivity index (χ1v) is 43.7. The van der Waals surface area contributed by atoms with Crippen LogP contribution in [0.3, 0.4) is 0 Å². The number of aromatic nitrogens is 10. The van der Waals surface area contributed by atoms with Crippen molar-refractivity contribution in [3.8, 4) is 0 Å². The molecule has 5 fully saturated rings. The summed E-state index contributed by atoms with van der Waals surface area (Å²) in [7, 11) is 0. The number of nitrogens with one attached hydrogen (secondary N) is 6. The van der Waals surface area contributed by atoms with Crippen molar-refractivity contribution in [3.63, 3.8) is 0 Å². The van der Waals surface area contributed by atoms with Gasteiger partial charge < -0.3 is 85.3 Å². The van der Waals surface area contributed by atoms with Crippen LogP contribution in [-0.2, 0) is 47.9 Å². The van der Waals surface area contributed by atoms with Crippen LogP contribution in [0.1, 0.15) is 209 Å². The summed E-state index contributed by atoms with van der Waals surface area (Å²) in [4.78, 5) is 225. The maximum atomic E-state index is 12.8. The lowest BCUT2D eigenvalue weighted by molar-refractivity contribution is -0.147. The van der Waals surface area contributed by atoms with Crippen LogP contribution in [0.5, 0.6) is 0 Å². The fourth-order valence-electron chi connectivity index (χ4n) is 15.5. The second-order valence-electron chi connectivity index (χ2n) is 33.2. The van der Waals surface area contributed by atoms with E-state index < -0.39 is 88.7 Å². The first-order chi connectivity index (χ1) is 65.2. The van der Waals surface area contributed by atoms with Gasteiger partial charge in [-0.1, -0.05) is 65.0 Å². The largest absolute Gasteiger partial charge is 0.474 e. The number of hydrogen-bond acceptors (Lipinski definition) is 26. The number of carbonyl (C=O) groups excluding carboxylic acids is 14. The molecule has 41 heteroatoms. The lowest BCUT2D eigenvalue weighted by atomic mass is 9.92. The highest BCUT2D eigenvalue weighted by molar-refractivity contribution is 6.41. The maximum Gasteiger partial charge on any atom is 0.394 e. The molecule has 708 valence electrons. The number of aliphatic carboxylic acids is 1. The van der Waals surface area contributed by atoms with Gasteiger partial charge in [0, 0.05) is 94.2 Å². The molecule has 0 aliphatic carbocycles. The highest BCUT2D eigenvalue weighted by Crippen LogP contribution is 2.37. The third-order valence-corrected chi connectivity index (χ3v) is 22.5. The monoisotopic (exact) mass is 1850 g/mol. The molecule has 0 spiro atoms. The summed E-state index contributed by atoms with van der Waals surface area (Å²) < 4.78 is 0. The summed E-state index contributed by atoms with van der Waals surface area (Å²) in [5.74, 6) is -9.89. The molecule has 17 N–H and O–H groups in total. The third kappa shape index (κ3) is 29.8. The van der Waals surface area contributed by atoms with Crippen LogP contribution in [0.15, 0.2) is 214 Å². The molecule has 136 heavy (non-hydrogen) atoms. The Morgan fingerprint density at radius 2 is 0.515 bits per heavy atom. The summed E-state index contributed by atoms with van der Waals surface area (Å²) in [6.07, 6.45) is 30.9. The minimum atomic E-state index is -1.63. The Kier molecular flexibility index (Phi) is 37.1. The molecule has 0 bridgehead atoms. The lowest BCUT2D eigenvalue weighted by Gasteiger charge is -2.37. The second-order valence-corrected chi connectivity index (χ2v) is 33.2. The number of carboxylic acids is 1. The summed E-state index contributed by atoms with van der Waals surface area (Å²) in [6, 6.07) is 34.6. The van der Waals surface area contributed by atoms with Crippen molar-refractivity contribution in [2.24, 2.45) is 58.3 Å². The van der Waals surface area contributed by atoms with Gasteiger partial charge in [0.1, 0.15) is 0 Å². The van der Waals surface area contributed by atoms with E-state index in [-0.39, 0.29) is 80.4 Å². The van der Waals surface area contributed by atoms with Gasteiger partial charge in [-0.2, -0.15) is 0 Å². The maximum absolute atomic E-state index is 12.8. The van der Waals surface area contributed by atoms with E-state index in [9.17, 15) is 71.9 Å². The number of nitrogens with zero attached hydrogens (tertiary/aromatic N) is 14. The molecule has 5 aliphatic rings. The van der Waals surface area contributed by atoms with Gasteiger partial charge >= 0.3 is 59.1 Å². The Hall–Kier alpha value is -16.5. The summed E-state index contributed by atoms with van der Waals surface area (Å²) in [6.45, 7) is 13.5. The number of anilines is 5. The van der Waals surface area contributed by atoms with Crippen LogP contribution in [0.4, 0.5) is 28.4 Å². The van der Waals surface area contributed by atoms with Crippen LogP contribution >= 0.6 is 0 Å². The average molecular weight is 1860 g/mol. The van der Waals surface area contributed by atoms with Gasteiger partial charge in [0.25, 0.3) is 0 Å². The van der Waals surface area contributed by atoms with Crippen molar-refractivity contribution >= 4 is 117 Å². The van der Waals surface area contributed by atoms with Crippen LogP contribution in [0.25, 0.3) is 0 Å². The molecule has 0 saturated carbocycles. The molecule has 2 unspecified atom stereocenters. The van der Waals surface area contributed by atoms with E-state index in [1.165, 1.54) is 111 Å². The molecule has 14 amide bonds.